The number of hydrogen-bond acceptors (Lipinski definition) is 4. The van der Waals surface area contributed by atoms with E-state index < -0.39 is 0 Å². The molecule has 0 aliphatic rings. The standard InChI is InChI=1S/C35H20ClN3O/c36-29-16-8-15-27-31-26-14-7-6-13-25(26)28(20-30(31)40-32(27)29)35-38-33(22-10-2-1-3-11-22)37-34(39-35)24-18-17-21-9-4-5-12-23(21)19-24/h1-20H. The van der Waals surface area contributed by atoms with E-state index in [-0.39, 0.29) is 0 Å². The van der Waals surface area contributed by atoms with Crippen molar-refractivity contribution in [3.63, 3.8) is 0 Å². The third-order valence-corrected chi connectivity index (χ3v) is 7.67. The molecule has 0 radical (unpaired) electrons. The summed E-state index contributed by atoms with van der Waals surface area (Å²) in [4.78, 5) is 15.0. The Morgan fingerprint density at radius 2 is 1.18 bits per heavy atom. The van der Waals surface area contributed by atoms with Crippen LogP contribution in [0.1, 0.15) is 0 Å². The van der Waals surface area contributed by atoms with Crippen LogP contribution in [0.4, 0.5) is 0 Å². The molecule has 0 N–H and O–H groups in total. The van der Waals surface area contributed by atoms with Gasteiger partial charge in [0.2, 0.25) is 0 Å². The summed E-state index contributed by atoms with van der Waals surface area (Å²) in [5, 5.41) is 7.01. The smallest absolute Gasteiger partial charge is 0.164 e. The van der Waals surface area contributed by atoms with Crippen molar-refractivity contribution in [2.24, 2.45) is 0 Å². The van der Waals surface area contributed by atoms with E-state index in [1.54, 1.807) is 0 Å². The second kappa shape index (κ2) is 9.01. The van der Waals surface area contributed by atoms with Crippen LogP contribution in [0.2, 0.25) is 5.02 Å². The largest absolute Gasteiger partial charge is 0.454 e. The van der Waals surface area contributed by atoms with Gasteiger partial charge in [-0.25, -0.2) is 15.0 Å². The lowest BCUT2D eigenvalue weighted by Crippen LogP contribution is -2.00. The molecular formula is C35H20ClN3O. The predicted molar refractivity (Wildman–Crippen MR) is 163 cm³/mol. The summed E-state index contributed by atoms with van der Waals surface area (Å²) >= 11 is 6.53. The zero-order chi connectivity index (χ0) is 26.6. The fourth-order valence-corrected chi connectivity index (χ4v) is 5.70. The Bertz CT molecular complexity index is 2240. The second-order valence-corrected chi connectivity index (χ2v) is 10.2. The van der Waals surface area contributed by atoms with Crippen LogP contribution >= 0.6 is 11.6 Å². The van der Waals surface area contributed by atoms with Crippen molar-refractivity contribution in [2.45, 2.75) is 0 Å². The quantitative estimate of drug-likeness (QED) is 0.227. The fourth-order valence-electron chi connectivity index (χ4n) is 5.48. The van der Waals surface area contributed by atoms with Gasteiger partial charge >= 0.3 is 0 Å². The number of halogens is 1. The minimum Gasteiger partial charge on any atom is -0.454 e. The Kier molecular flexibility index (Phi) is 5.15. The Hall–Kier alpha value is -5.06. The Labute approximate surface area is 234 Å². The highest BCUT2D eigenvalue weighted by atomic mass is 35.5. The van der Waals surface area contributed by atoms with E-state index in [2.05, 4.69) is 42.5 Å². The molecule has 0 saturated carbocycles. The first-order chi connectivity index (χ1) is 19.7. The summed E-state index contributed by atoms with van der Waals surface area (Å²) in [7, 11) is 0. The third-order valence-electron chi connectivity index (χ3n) is 7.37. The molecule has 5 heteroatoms. The third kappa shape index (κ3) is 3.65. The number of fused-ring (bicyclic) bond motifs is 6. The van der Waals surface area contributed by atoms with Crippen molar-refractivity contribution in [3.8, 4) is 34.2 Å². The van der Waals surface area contributed by atoms with Crippen molar-refractivity contribution in [2.75, 3.05) is 0 Å². The number of furan rings is 1. The van der Waals surface area contributed by atoms with Gasteiger partial charge in [0.15, 0.2) is 23.1 Å². The number of hydrogen-bond donors (Lipinski definition) is 0. The lowest BCUT2D eigenvalue weighted by atomic mass is 9.98. The molecule has 2 heterocycles. The second-order valence-electron chi connectivity index (χ2n) is 9.80. The van der Waals surface area contributed by atoms with Crippen LogP contribution in [-0.2, 0) is 0 Å². The molecule has 0 aliphatic carbocycles. The maximum atomic E-state index is 6.53. The van der Waals surface area contributed by atoms with Gasteiger partial charge in [0.1, 0.15) is 5.58 Å². The minimum atomic E-state index is 0.585. The van der Waals surface area contributed by atoms with Gasteiger partial charge in [0.25, 0.3) is 0 Å². The van der Waals surface area contributed by atoms with Gasteiger partial charge in [-0.1, -0.05) is 115 Å². The van der Waals surface area contributed by atoms with Crippen LogP contribution in [0.25, 0.3) is 77.6 Å². The van der Waals surface area contributed by atoms with Crippen LogP contribution in [-0.4, -0.2) is 15.0 Å². The van der Waals surface area contributed by atoms with Crippen LogP contribution in [0.3, 0.4) is 0 Å². The zero-order valence-electron chi connectivity index (χ0n) is 21.2. The van der Waals surface area contributed by atoms with Gasteiger partial charge in [0.05, 0.1) is 5.02 Å². The number of rotatable bonds is 3. The molecule has 6 aromatic carbocycles. The molecule has 0 unspecified atom stereocenters. The van der Waals surface area contributed by atoms with Gasteiger partial charge < -0.3 is 4.42 Å². The summed E-state index contributed by atoms with van der Waals surface area (Å²) in [5.41, 5.74) is 4.15. The first-order valence-electron chi connectivity index (χ1n) is 13.1. The van der Waals surface area contributed by atoms with Crippen LogP contribution in [0.15, 0.2) is 126 Å². The zero-order valence-corrected chi connectivity index (χ0v) is 21.9. The molecule has 0 aliphatic heterocycles. The summed E-state index contributed by atoms with van der Waals surface area (Å²) in [6, 6.07) is 40.8. The van der Waals surface area contributed by atoms with Gasteiger partial charge in [-0.15, -0.1) is 0 Å². The molecule has 8 aromatic rings. The Balaban J connectivity index is 1.43. The van der Waals surface area contributed by atoms with E-state index in [0.717, 1.165) is 49.2 Å². The van der Waals surface area contributed by atoms with Crippen molar-refractivity contribution >= 4 is 55.1 Å². The SMILES string of the molecule is Clc1cccc2c1oc1cc(-c3nc(-c4ccccc4)nc(-c4ccc5ccccc5c4)n3)c3ccccc3c12. The highest BCUT2D eigenvalue weighted by molar-refractivity contribution is 6.36. The molecular weight excluding hydrogens is 514 g/mol. The number of aromatic nitrogens is 3. The summed E-state index contributed by atoms with van der Waals surface area (Å²) < 4.78 is 6.33. The van der Waals surface area contributed by atoms with E-state index in [0.29, 0.717) is 28.1 Å². The highest BCUT2D eigenvalue weighted by Crippen LogP contribution is 2.41. The maximum absolute atomic E-state index is 6.53. The Morgan fingerprint density at radius 1 is 0.500 bits per heavy atom. The van der Waals surface area contributed by atoms with E-state index >= 15 is 0 Å². The molecule has 0 spiro atoms. The molecule has 4 nitrogen and oxygen atoms in total. The van der Waals surface area contributed by atoms with E-state index in [4.69, 9.17) is 31.0 Å². The number of nitrogens with zero attached hydrogens (tertiary/aromatic N) is 3. The van der Waals surface area contributed by atoms with Crippen LogP contribution in [0.5, 0.6) is 0 Å². The fraction of sp³-hybridized carbons (Fsp3) is 0. The predicted octanol–water partition coefficient (Wildman–Crippen LogP) is 9.73. The lowest BCUT2D eigenvalue weighted by molar-refractivity contribution is 0.669. The minimum absolute atomic E-state index is 0.585. The van der Waals surface area contributed by atoms with Crippen molar-refractivity contribution < 1.29 is 4.42 Å². The first-order valence-corrected chi connectivity index (χ1v) is 13.4. The van der Waals surface area contributed by atoms with E-state index in [1.807, 2.05) is 78.9 Å². The van der Waals surface area contributed by atoms with Crippen molar-refractivity contribution in [1.29, 1.82) is 0 Å². The molecule has 2 aromatic heterocycles. The van der Waals surface area contributed by atoms with E-state index in [9.17, 15) is 0 Å². The number of para-hydroxylation sites is 1. The normalized spacial score (nSPS) is 11.6. The molecule has 0 atom stereocenters. The molecule has 40 heavy (non-hydrogen) atoms. The average Bonchev–Trinajstić information content (AvgIpc) is 3.41. The summed E-state index contributed by atoms with van der Waals surface area (Å²) in [6.07, 6.45) is 0. The van der Waals surface area contributed by atoms with Gasteiger partial charge in [0, 0.05) is 27.5 Å². The van der Waals surface area contributed by atoms with Gasteiger partial charge in [-0.05, 0) is 39.7 Å². The highest BCUT2D eigenvalue weighted by Gasteiger charge is 2.19. The summed E-state index contributed by atoms with van der Waals surface area (Å²) in [5.74, 6) is 1.82. The van der Waals surface area contributed by atoms with Crippen molar-refractivity contribution in [1.82, 2.24) is 15.0 Å². The monoisotopic (exact) mass is 533 g/mol. The van der Waals surface area contributed by atoms with Crippen LogP contribution < -0.4 is 0 Å². The first kappa shape index (κ1) is 22.9. The van der Waals surface area contributed by atoms with Gasteiger partial charge in [-0.2, -0.15) is 0 Å². The van der Waals surface area contributed by atoms with Gasteiger partial charge in [-0.3, -0.25) is 0 Å². The summed E-state index contributed by atoms with van der Waals surface area (Å²) in [6.45, 7) is 0. The molecule has 0 amide bonds. The molecule has 0 bridgehead atoms. The molecule has 0 fully saturated rings. The van der Waals surface area contributed by atoms with E-state index in [1.165, 1.54) is 5.39 Å². The number of benzene rings is 6. The Morgan fingerprint density at radius 3 is 2.02 bits per heavy atom. The molecule has 188 valence electrons. The van der Waals surface area contributed by atoms with Crippen LogP contribution in [0, 0.1) is 0 Å². The lowest BCUT2D eigenvalue weighted by Gasteiger charge is -2.11. The molecule has 0 saturated heterocycles. The average molecular weight is 534 g/mol. The molecule has 8 rings (SSSR count). The van der Waals surface area contributed by atoms with Crippen molar-refractivity contribution in [3.05, 3.63) is 126 Å². The topological polar surface area (TPSA) is 51.8 Å². The maximum Gasteiger partial charge on any atom is 0.164 e.